The van der Waals surface area contributed by atoms with E-state index >= 15 is 0 Å². The molecule has 0 aliphatic rings. The van der Waals surface area contributed by atoms with Crippen LogP contribution in [0.4, 0.5) is 0 Å². The van der Waals surface area contributed by atoms with Crippen LogP contribution in [0.2, 0.25) is 8.57 Å². The summed E-state index contributed by atoms with van der Waals surface area (Å²) in [5.41, 5.74) is -3.15. The molecular formula is C116H102O2Si6. The monoisotopic (exact) mass is 1690 g/mol. The molecule has 0 radical (unpaired) electrons. The average Bonchev–Trinajstić information content (AvgIpc) is 0.632. The molecule has 18 aromatic carbocycles. The van der Waals surface area contributed by atoms with Crippen LogP contribution in [0.25, 0.3) is 0 Å². The normalized spacial score (nSPS) is 12.6. The van der Waals surface area contributed by atoms with Crippen LogP contribution in [0.3, 0.4) is 0 Å². The van der Waals surface area contributed by atoms with Crippen LogP contribution in [0.5, 0.6) is 0 Å². The Morgan fingerprint density at radius 1 is 0.113 bits per heavy atom. The van der Waals surface area contributed by atoms with E-state index in [-0.39, 0.29) is 0 Å². The quantitative estimate of drug-likeness (QED) is 0.0201. The van der Waals surface area contributed by atoms with Crippen molar-refractivity contribution in [3.05, 3.63) is 546 Å². The third kappa shape index (κ3) is 12.6. The molecule has 0 bridgehead atoms. The highest BCUT2D eigenvalue weighted by atomic mass is 28.5. The zero-order valence-electron chi connectivity index (χ0n) is 70.8. The molecule has 0 fully saturated rings. The molecule has 2 nitrogen and oxygen atoms in total. The summed E-state index contributed by atoms with van der Waals surface area (Å²) < 4.78 is -2.60. The first-order valence-corrected chi connectivity index (χ1v) is 55.5. The molecular weight excluding hydrogens is 1590 g/mol. The Balaban J connectivity index is 1.18. The lowest BCUT2D eigenvalue weighted by molar-refractivity contribution is -0.402. The van der Waals surface area contributed by atoms with Gasteiger partial charge in [0.1, 0.15) is 0 Å². The second-order valence-electron chi connectivity index (χ2n) is 33.8. The van der Waals surface area contributed by atoms with Gasteiger partial charge in [0.15, 0.2) is 48.4 Å². The van der Waals surface area contributed by atoms with Crippen molar-refractivity contribution in [2.24, 2.45) is 0 Å². The van der Waals surface area contributed by atoms with E-state index in [4.69, 9.17) is 0 Å². The largest absolute Gasteiger partial charge is 0.230 e. The van der Waals surface area contributed by atoms with Crippen molar-refractivity contribution >= 4 is 142 Å². The van der Waals surface area contributed by atoms with E-state index in [1.54, 1.807) is 0 Å². The first kappa shape index (κ1) is 82.1. The number of hydrogen-bond acceptors (Lipinski definition) is 2. The molecule has 0 saturated carbocycles. The maximum Gasteiger partial charge on any atom is 0.154 e. The highest BCUT2D eigenvalue weighted by molar-refractivity contribution is 7.44. The smallest absolute Gasteiger partial charge is 0.154 e. The highest BCUT2D eigenvalue weighted by Gasteiger charge is 2.87. The topological polar surface area (TPSA) is 18.5 Å². The molecule has 0 amide bonds. The van der Waals surface area contributed by atoms with Crippen LogP contribution >= 0.6 is 0 Å². The zero-order chi connectivity index (χ0) is 84.4. The van der Waals surface area contributed by atoms with Gasteiger partial charge < -0.3 is 0 Å². The molecule has 8 heteroatoms. The standard InChI is InChI=1S/C116H102O2Si6/c1-113(2,115(119(95-59-23-5-24-60-95,96-61-25-6-26-62-96)97-63-27-7-28-64-97,120(98-65-29-8-30-66-98,99-67-31-9-32-68-99)100-69-33-10-34-70-100)121(101-71-35-11-36-72-101,102-73-37-12-38-74-102)103-75-39-13-40-76-103)117-118-114(3,4)116(122(104-77-41-14-42-78-104,105-79-43-15-44-80-105)106-81-45-16-46-82-106,123(107-83-47-17-48-84-107,108-85-49-18-50-86-108)109-87-51-19-52-88-109)124(110-89-53-20-54-90-110,111-91-55-21-56-92-111)112-93-57-22-58-94-112/h5-94H,1-4H3. The third-order valence-corrected chi connectivity index (χ3v) is 72.8. The minimum atomic E-state index is -4.49. The molecule has 602 valence electrons. The average molecular weight is 1700 g/mol. The molecule has 18 rings (SSSR count). The van der Waals surface area contributed by atoms with Crippen LogP contribution in [-0.2, 0) is 9.78 Å². The Morgan fingerprint density at radius 3 is 0.242 bits per heavy atom. The van der Waals surface area contributed by atoms with Crippen molar-refractivity contribution in [3.63, 3.8) is 0 Å². The summed E-state index contributed by atoms with van der Waals surface area (Å²) in [6, 6.07) is 215. The molecule has 0 atom stereocenters. The minimum Gasteiger partial charge on any atom is -0.230 e. The third-order valence-electron chi connectivity index (χ3n) is 27.4. The molecule has 0 N–H and O–H groups in total. The Labute approximate surface area is 739 Å². The van der Waals surface area contributed by atoms with Gasteiger partial charge in [-0.2, -0.15) is 0 Å². The summed E-state index contributed by atoms with van der Waals surface area (Å²) >= 11 is 0. The van der Waals surface area contributed by atoms with Crippen LogP contribution in [0, 0.1) is 0 Å². The van der Waals surface area contributed by atoms with Crippen LogP contribution in [-0.4, -0.2) is 59.6 Å². The molecule has 124 heavy (non-hydrogen) atoms. The number of rotatable bonds is 29. The van der Waals surface area contributed by atoms with Crippen molar-refractivity contribution in [2.45, 2.75) is 47.5 Å². The Bertz CT molecular complexity index is 4830. The first-order valence-electron chi connectivity index (χ1n) is 43.5. The van der Waals surface area contributed by atoms with Crippen molar-refractivity contribution < 1.29 is 9.78 Å². The van der Waals surface area contributed by atoms with Gasteiger partial charge in [0.05, 0.1) is 11.2 Å². The Morgan fingerprint density at radius 2 is 0.177 bits per heavy atom. The number of benzene rings is 18. The summed E-state index contributed by atoms with van der Waals surface area (Å²) in [7, 11) is -26.9. The molecule has 18 aromatic rings. The lowest BCUT2D eigenvalue weighted by Crippen LogP contribution is -3.01. The van der Waals surface area contributed by atoms with Crippen molar-refractivity contribution in [1.29, 1.82) is 0 Å². The summed E-state index contributed by atoms with van der Waals surface area (Å²) in [6.07, 6.45) is 0. The molecule has 0 saturated heterocycles. The van der Waals surface area contributed by atoms with Gasteiger partial charge >= 0.3 is 0 Å². The van der Waals surface area contributed by atoms with Gasteiger partial charge in [-0.3, -0.25) is 0 Å². The SMILES string of the molecule is CC(C)(OOC(C)(C)C([Si](c1ccccc1)(c1ccccc1)c1ccccc1)([Si](c1ccccc1)(c1ccccc1)c1ccccc1)[Si](c1ccccc1)(c1ccccc1)c1ccccc1)C([Si](c1ccccc1)(c1ccccc1)c1ccccc1)([Si](c1ccccc1)(c1ccccc1)c1ccccc1)[Si](c1ccccc1)(c1ccccc1)c1ccccc1. The Kier molecular flexibility index (Phi) is 23.3. The summed E-state index contributed by atoms with van der Waals surface area (Å²) in [5.74, 6) is 0. The maximum absolute atomic E-state index is 9.86. The lowest BCUT2D eigenvalue weighted by atomic mass is 10.1. The second-order valence-corrected chi connectivity index (χ2v) is 60.7. The lowest BCUT2D eigenvalue weighted by Gasteiger charge is -2.73. The van der Waals surface area contributed by atoms with Crippen molar-refractivity contribution in [1.82, 2.24) is 0 Å². The molecule has 0 spiro atoms. The van der Waals surface area contributed by atoms with E-state index in [1.807, 2.05) is 0 Å². The molecule has 0 aromatic heterocycles. The van der Waals surface area contributed by atoms with Gasteiger partial charge in [-0.1, -0.05) is 546 Å². The fourth-order valence-electron chi connectivity index (χ4n) is 24.0. The highest BCUT2D eigenvalue weighted by Crippen LogP contribution is 2.65. The fraction of sp³-hybridized carbons (Fsp3) is 0.0690. The first-order chi connectivity index (χ1) is 61.1. The van der Waals surface area contributed by atoms with E-state index in [0.717, 1.165) is 0 Å². The summed E-state index contributed by atoms with van der Waals surface area (Å²) in [6.45, 7) is 10.2. The number of hydrogen-bond donors (Lipinski definition) is 0. The van der Waals surface area contributed by atoms with Gasteiger partial charge in [-0.25, -0.2) is 9.78 Å². The second kappa shape index (κ2) is 35.2. The van der Waals surface area contributed by atoms with Gasteiger partial charge in [0.25, 0.3) is 0 Å². The van der Waals surface area contributed by atoms with E-state index in [9.17, 15) is 9.78 Å². The van der Waals surface area contributed by atoms with Gasteiger partial charge in [0, 0.05) is 8.57 Å². The van der Waals surface area contributed by atoms with Crippen LogP contribution < -0.4 is 93.4 Å². The summed E-state index contributed by atoms with van der Waals surface area (Å²) in [5, 5.41) is 22.4. The van der Waals surface area contributed by atoms with Crippen molar-refractivity contribution in [2.75, 3.05) is 0 Å². The van der Waals surface area contributed by atoms with E-state index in [0.29, 0.717) is 0 Å². The fourth-order valence-corrected chi connectivity index (χ4v) is 85.0. The Hall–Kier alpha value is -12.8. The molecule has 0 heterocycles. The van der Waals surface area contributed by atoms with E-state index in [2.05, 4.69) is 574 Å². The summed E-state index contributed by atoms with van der Waals surface area (Å²) in [4.78, 5) is 19.7. The van der Waals surface area contributed by atoms with Gasteiger partial charge in [0.2, 0.25) is 0 Å². The maximum atomic E-state index is 9.86. The van der Waals surface area contributed by atoms with E-state index in [1.165, 1.54) is 93.4 Å². The van der Waals surface area contributed by atoms with Crippen LogP contribution in [0.1, 0.15) is 27.7 Å². The van der Waals surface area contributed by atoms with E-state index < -0.39 is 68.2 Å². The predicted octanol–water partition coefficient (Wildman–Crippen LogP) is 15.2. The predicted molar refractivity (Wildman–Crippen MR) is 540 cm³/mol. The van der Waals surface area contributed by atoms with Gasteiger partial charge in [-0.15, -0.1) is 0 Å². The molecule has 0 unspecified atom stereocenters. The zero-order valence-corrected chi connectivity index (χ0v) is 76.8. The minimum absolute atomic E-state index is 1.24. The molecule has 0 aliphatic carbocycles. The van der Waals surface area contributed by atoms with Crippen LogP contribution in [0.15, 0.2) is 546 Å². The van der Waals surface area contributed by atoms with Gasteiger partial charge in [-0.05, 0) is 121 Å². The molecule has 0 aliphatic heterocycles. The van der Waals surface area contributed by atoms with Crippen molar-refractivity contribution in [3.8, 4) is 0 Å².